The minimum Gasteiger partial charge on any atom is -0.490 e. The van der Waals surface area contributed by atoms with Gasteiger partial charge in [0.15, 0.2) is 0 Å². The number of anilines is 2. The molecule has 9 nitrogen and oxygen atoms in total. The van der Waals surface area contributed by atoms with Gasteiger partial charge in [-0.1, -0.05) is 65.8 Å². The van der Waals surface area contributed by atoms with E-state index in [4.69, 9.17) is 18.9 Å². The van der Waals surface area contributed by atoms with Crippen LogP contribution in [0.1, 0.15) is 11.1 Å². The van der Waals surface area contributed by atoms with Crippen LogP contribution in [0.2, 0.25) is 0 Å². The van der Waals surface area contributed by atoms with Crippen molar-refractivity contribution in [2.45, 2.75) is 6.17 Å². The number of hydrogen-bond acceptors (Lipinski definition) is 8. The van der Waals surface area contributed by atoms with E-state index in [0.717, 1.165) is 11.1 Å². The predicted molar refractivity (Wildman–Crippen MR) is 132 cm³/mol. The Morgan fingerprint density at radius 1 is 0.914 bits per heavy atom. The Hall–Kier alpha value is -4.50. The Kier molecular flexibility index (Phi) is 6.49. The van der Waals surface area contributed by atoms with Gasteiger partial charge in [0.1, 0.15) is 12.4 Å². The molecule has 3 aromatic carbocycles. The molecule has 2 N–H and O–H groups in total. The number of nitrogens with one attached hydrogen (secondary N) is 2. The largest absolute Gasteiger partial charge is 0.490 e. The van der Waals surface area contributed by atoms with Gasteiger partial charge in [0.05, 0.1) is 23.6 Å². The maximum Gasteiger partial charge on any atom is 0.317 e. The lowest BCUT2D eigenvalue weighted by Crippen LogP contribution is -2.32. The quantitative estimate of drug-likeness (QED) is 0.375. The molecule has 1 aliphatic rings. The molecule has 1 amide bonds. The molecule has 0 radical (unpaired) electrons. The van der Waals surface area contributed by atoms with Gasteiger partial charge in [0, 0.05) is 18.2 Å². The third-order valence-corrected chi connectivity index (χ3v) is 5.34. The summed E-state index contributed by atoms with van der Waals surface area (Å²) in [7, 11) is 1.61. The number of para-hydroxylation sites is 2. The number of carbonyl (C=O) groups is 1. The second kappa shape index (κ2) is 10.2. The van der Waals surface area contributed by atoms with E-state index in [1.165, 1.54) is 0 Å². The van der Waals surface area contributed by atoms with Crippen LogP contribution < -0.4 is 15.4 Å². The number of hydrogen-bond donors (Lipinski definition) is 2. The average Bonchev–Trinajstić information content (AvgIpc) is 3.31. The van der Waals surface area contributed by atoms with Crippen molar-refractivity contribution in [1.82, 2.24) is 10.2 Å². The molecule has 0 fully saturated rings. The summed E-state index contributed by atoms with van der Waals surface area (Å²) in [5.74, 6) is 0.503. The van der Waals surface area contributed by atoms with E-state index in [-0.39, 0.29) is 17.8 Å². The summed E-state index contributed by atoms with van der Waals surface area (Å²) in [6.45, 7) is 0.832. The molecule has 1 atom stereocenters. The lowest BCUT2D eigenvalue weighted by Gasteiger charge is -2.11. The van der Waals surface area contributed by atoms with Crippen molar-refractivity contribution >= 4 is 23.3 Å². The first-order valence-electron chi connectivity index (χ1n) is 11.1. The van der Waals surface area contributed by atoms with E-state index in [2.05, 4.69) is 20.8 Å². The second-order valence-electron chi connectivity index (χ2n) is 7.68. The van der Waals surface area contributed by atoms with Crippen molar-refractivity contribution in [2.75, 3.05) is 31.0 Å². The number of carbonyl (C=O) groups excluding carboxylic acids is 1. The third-order valence-electron chi connectivity index (χ3n) is 5.34. The number of fused-ring (bicyclic) bond motifs is 1. The molecule has 0 saturated carbocycles. The smallest absolute Gasteiger partial charge is 0.317 e. The standard InChI is InChI=1S/C26H23N5O4/c1-33-15-16-34-21-14-8-6-12-19(21)25-30-31-26(35-25)29-23-24(32)27-20-13-7-5-11-18(20)22(28-23)17-9-3-2-4-10-17/h2-14,23H,15-16H2,1H3,(H,27,32)(H,29,31). The molecule has 0 bridgehead atoms. The molecule has 5 rings (SSSR count). The van der Waals surface area contributed by atoms with Crippen LogP contribution in [-0.4, -0.2) is 48.3 Å². The van der Waals surface area contributed by atoms with Crippen LogP contribution in [0.3, 0.4) is 0 Å². The SMILES string of the molecule is COCCOc1ccccc1-c1nnc(NC2N=C(c3ccccc3)c3ccccc3NC2=O)o1. The Morgan fingerprint density at radius 3 is 2.49 bits per heavy atom. The van der Waals surface area contributed by atoms with Crippen molar-refractivity contribution in [1.29, 1.82) is 0 Å². The van der Waals surface area contributed by atoms with Crippen LogP contribution in [0.15, 0.2) is 88.3 Å². The molecule has 0 aliphatic carbocycles. The predicted octanol–water partition coefficient (Wildman–Crippen LogP) is 3.99. The minimum atomic E-state index is -0.987. The zero-order valence-corrected chi connectivity index (χ0v) is 19.0. The molecule has 1 aliphatic heterocycles. The fourth-order valence-corrected chi connectivity index (χ4v) is 3.69. The summed E-state index contributed by atoms with van der Waals surface area (Å²) in [6, 6.07) is 24.6. The summed E-state index contributed by atoms with van der Waals surface area (Å²) in [4.78, 5) is 17.8. The van der Waals surface area contributed by atoms with E-state index in [9.17, 15) is 4.79 Å². The maximum atomic E-state index is 13.0. The molecule has 0 saturated heterocycles. The van der Waals surface area contributed by atoms with Gasteiger partial charge in [0.25, 0.3) is 11.8 Å². The second-order valence-corrected chi connectivity index (χ2v) is 7.68. The zero-order valence-electron chi connectivity index (χ0n) is 19.0. The number of nitrogens with zero attached hydrogens (tertiary/aromatic N) is 3. The minimum absolute atomic E-state index is 0.0639. The molecular formula is C26H23N5O4. The molecule has 2 heterocycles. The fourth-order valence-electron chi connectivity index (χ4n) is 3.69. The zero-order chi connectivity index (χ0) is 24.0. The Balaban J connectivity index is 1.44. The number of rotatable bonds is 8. The first kappa shape index (κ1) is 22.3. The van der Waals surface area contributed by atoms with Crippen molar-refractivity contribution in [2.24, 2.45) is 4.99 Å². The summed E-state index contributed by atoms with van der Waals surface area (Å²) in [6.07, 6.45) is -0.987. The van der Waals surface area contributed by atoms with Crippen LogP contribution in [0.4, 0.5) is 11.7 Å². The number of benzene rings is 3. The normalized spacial score (nSPS) is 14.9. The third kappa shape index (κ3) is 4.90. The van der Waals surface area contributed by atoms with E-state index < -0.39 is 6.17 Å². The Bertz CT molecular complexity index is 1350. The first-order chi connectivity index (χ1) is 17.2. The highest BCUT2D eigenvalue weighted by atomic mass is 16.5. The molecular weight excluding hydrogens is 446 g/mol. The summed E-state index contributed by atoms with van der Waals surface area (Å²) < 4.78 is 16.6. The van der Waals surface area contributed by atoms with Crippen LogP contribution in [-0.2, 0) is 9.53 Å². The van der Waals surface area contributed by atoms with Gasteiger partial charge in [-0.2, -0.15) is 0 Å². The maximum absolute atomic E-state index is 13.0. The highest BCUT2D eigenvalue weighted by molar-refractivity contribution is 6.19. The summed E-state index contributed by atoms with van der Waals surface area (Å²) in [5.41, 5.74) is 3.70. The first-order valence-corrected chi connectivity index (χ1v) is 11.1. The Morgan fingerprint density at radius 2 is 1.66 bits per heavy atom. The van der Waals surface area contributed by atoms with Crippen molar-refractivity contribution in [3.05, 3.63) is 90.0 Å². The van der Waals surface area contributed by atoms with Gasteiger partial charge < -0.3 is 24.5 Å². The summed E-state index contributed by atoms with van der Waals surface area (Å²) in [5, 5.41) is 14.1. The lowest BCUT2D eigenvalue weighted by molar-refractivity contribution is -0.116. The fraction of sp³-hybridized carbons (Fsp3) is 0.154. The molecule has 0 spiro atoms. The highest BCUT2D eigenvalue weighted by Crippen LogP contribution is 2.30. The number of methoxy groups -OCH3 is 1. The summed E-state index contributed by atoms with van der Waals surface area (Å²) >= 11 is 0. The molecule has 1 unspecified atom stereocenters. The number of aromatic nitrogens is 2. The molecule has 176 valence electrons. The van der Waals surface area contributed by atoms with Gasteiger partial charge in [0.2, 0.25) is 6.17 Å². The topological polar surface area (TPSA) is 111 Å². The number of aliphatic imine (C=N–C) groups is 1. The average molecular weight is 470 g/mol. The van der Waals surface area contributed by atoms with Crippen molar-refractivity contribution < 1.29 is 18.7 Å². The van der Waals surface area contributed by atoms with Gasteiger partial charge in [-0.3, -0.25) is 4.79 Å². The van der Waals surface area contributed by atoms with Gasteiger partial charge >= 0.3 is 6.01 Å². The van der Waals surface area contributed by atoms with Crippen LogP contribution in [0, 0.1) is 0 Å². The van der Waals surface area contributed by atoms with Crippen molar-refractivity contribution in [3.63, 3.8) is 0 Å². The number of benzodiazepines with no additional fused rings is 1. The highest BCUT2D eigenvalue weighted by Gasteiger charge is 2.27. The van der Waals surface area contributed by atoms with Gasteiger partial charge in [-0.15, -0.1) is 5.10 Å². The molecule has 9 heteroatoms. The molecule has 35 heavy (non-hydrogen) atoms. The Labute approximate surface area is 201 Å². The van der Waals surface area contributed by atoms with E-state index >= 15 is 0 Å². The monoisotopic (exact) mass is 469 g/mol. The van der Waals surface area contributed by atoms with Crippen LogP contribution >= 0.6 is 0 Å². The van der Waals surface area contributed by atoms with Gasteiger partial charge in [-0.25, -0.2) is 4.99 Å². The number of amides is 1. The van der Waals surface area contributed by atoms with E-state index in [1.54, 1.807) is 7.11 Å². The van der Waals surface area contributed by atoms with Crippen LogP contribution in [0.5, 0.6) is 5.75 Å². The lowest BCUT2D eigenvalue weighted by atomic mass is 10.0. The van der Waals surface area contributed by atoms with Crippen LogP contribution in [0.25, 0.3) is 11.5 Å². The van der Waals surface area contributed by atoms with Crippen molar-refractivity contribution in [3.8, 4) is 17.2 Å². The van der Waals surface area contributed by atoms with E-state index in [0.29, 0.717) is 35.9 Å². The number of ether oxygens (including phenoxy) is 2. The van der Waals surface area contributed by atoms with E-state index in [1.807, 2.05) is 78.9 Å². The molecule has 4 aromatic rings. The molecule has 1 aromatic heterocycles. The van der Waals surface area contributed by atoms with Gasteiger partial charge in [-0.05, 0) is 18.2 Å².